The van der Waals surface area contributed by atoms with Gasteiger partial charge in [0.05, 0.1) is 25.4 Å². The third-order valence-electron chi connectivity index (χ3n) is 2.72. The molecule has 0 aromatic carbocycles. The molecule has 0 bridgehead atoms. The number of aryl methyl sites for hydroxylation is 2. The molecular formula is C12H19N5OS. The van der Waals surface area contributed by atoms with Gasteiger partial charge in [0.1, 0.15) is 11.3 Å². The predicted molar refractivity (Wildman–Crippen MR) is 74.3 cm³/mol. The van der Waals surface area contributed by atoms with Crippen LogP contribution in [0.3, 0.4) is 0 Å². The van der Waals surface area contributed by atoms with E-state index in [4.69, 9.17) is 4.74 Å². The van der Waals surface area contributed by atoms with Gasteiger partial charge in [0.25, 0.3) is 0 Å². The maximum Gasteiger partial charge on any atom is 0.164 e. The summed E-state index contributed by atoms with van der Waals surface area (Å²) >= 11 is 1.71. The van der Waals surface area contributed by atoms with Crippen molar-refractivity contribution < 1.29 is 4.74 Å². The number of aromatic nitrogens is 4. The molecule has 0 amide bonds. The fraction of sp³-hybridized carbons (Fsp3) is 0.583. The minimum atomic E-state index is 0.659. The van der Waals surface area contributed by atoms with Crippen LogP contribution in [0.25, 0.3) is 0 Å². The Kier molecular flexibility index (Phi) is 5.00. The van der Waals surface area contributed by atoms with Crippen molar-refractivity contribution >= 4 is 11.3 Å². The first-order chi connectivity index (χ1) is 9.19. The number of nitrogens with zero attached hydrogens (tertiary/aromatic N) is 4. The van der Waals surface area contributed by atoms with Crippen molar-refractivity contribution in [2.75, 3.05) is 20.3 Å². The number of hydrogen-bond donors (Lipinski definition) is 1. The van der Waals surface area contributed by atoms with E-state index < -0.39 is 0 Å². The van der Waals surface area contributed by atoms with Crippen LogP contribution < -0.4 is 5.32 Å². The first-order valence-corrected chi connectivity index (χ1v) is 7.01. The smallest absolute Gasteiger partial charge is 0.164 e. The lowest BCUT2D eigenvalue weighted by Gasteiger charge is -2.00. The topological polar surface area (TPSA) is 64.9 Å². The fourth-order valence-corrected chi connectivity index (χ4v) is 2.54. The summed E-state index contributed by atoms with van der Waals surface area (Å²) in [7, 11) is 1.69. The van der Waals surface area contributed by atoms with Gasteiger partial charge in [-0.2, -0.15) is 5.10 Å². The minimum absolute atomic E-state index is 0.659. The first kappa shape index (κ1) is 14.1. The van der Waals surface area contributed by atoms with Crippen molar-refractivity contribution in [2.45, 2.75) is 26.9 Å². The Labute approximate surface area is 116 Å². The average Bonchev–Trinajstić information content (AvgIpc) is 2.94. The Balaban J connectivity index is 1.86. The molecule has 104 valence electrons. The number of hydrogen-bond acceptors (Lipinski definition) is 6. The van der Waals surface area contributed by atoms with Crippen LogP contribution in [-0.4, -0.2) is 40.0 Å². The molecule has 2 heterocycles. The normalized spacial score (nSPS) is 11.1. The summed E-state index contributed by atoms with van der Waals surface area (Å²) < 4.78 is 6.79. The Morgan fingerprint density at radius 3 is 2.95 bits per heavy atom. The van der Waals surface area contributed by atoms with Crippen LogP contribution in [0, 0.1) is 13.8 Å². The Bertz CT molecular complexity index is 502. The van der Waals surface area contributed by atoms with Crippen molar-refractivity contribution in [2.24, 2.45) is 0 Å². The van der Waals surface area contributed by atoms with E-state index in [0.29, 0.717) is 19.7 Å². The van der Waals surface area contributed by atoms with Crippen LogP contribution in [0.15, 0.2) is 6.33 Å². The molecule has 0 saturated heterocycles. The van der Waals surface area contributed by atoms with E-state index in [1.807, 2.05) is 11.6 Å². The van der Waals surface area contributed by atoms with Crippen LogP contribution in [0.1, 0.15) is 21.4 Å². The molecule has 0 saturated carbocycles. The zero-order chi connectivity index (χ0) is 13.7. The van der Waals surface area contributed by atoms with E-state index in [1.54, 1.807) is 24.8 Å². The van der Waals surface area contributed by atoms with Gasteiger partial charge in [0, 0.05) is 18.5 Å². The fourth-order valence-electron chi connectivity index (χ4n) is 1.61. The van der Waals surface area contributed by atoms with Crippen LogP contribution in [0.5, 0.6) is 0 Å². The van der Waals surface area contributed by atoms with E-state index in [2.05, 4.69) is 27.3 Å². The molecule has 19 heavy (non-hydrogen) atoms. The second kappa shape index (κ2) is 6.74. The Morgan fingerprint density at radius 1 is 1.42 bits per heavy atom. The van der Waals surface area contributed by atoms with Gasteiger partial charge in [-0.05, 0) is 13.8 Å². The molecule has 0 fully saturated rings. The Morgan fingerprint density at radius 2 is 2.26 bits per heavy atom. The van der Waals surface area contributed by atoms with Gasteiger partial charge >= 0.3 is 0 Å². The number of methoxy groups -OCH3 is 1. The summed E-state index contributed by atoms with van der Waals surface area (Å²) in [5.74, 6) is 0.793. The van der Waals surface area contributed by atoms with E-state index >= 15 is 0 Å². The minimum Gasteiger partial charge on any atom is -0.383 e. The molecule has 0 aliphatic heterocycles. The SMILES string of the molecule is COCCNCc1ncn(Cc2nc(C)c(C)s2)n1. The lowest BCUT2D eigenvalue weighted by atomic mass is 10.4. The zero-order valence-corrected chi connectivity index (χ0v) is 12.3. The van der Waals surface area contributed by atoms with Gasteiger partial charge in [0.2, 0.25) is 0 Å². The maximum atomic E-state index is 4.96. The quantitative estimate of drug-likeness (QED) is 0.771. The summed E-state index contributed by atoms with van der Waals surface area (Å²) in [4.78, 5) is 10.0. The summed E-state index contributed by atoms with van der Waals surface area (Å²) in [5.41, 5.74) is 1.10. The van der Waals surface area contributed by atoms with Crippen molar-refractivity contribution in [3.05, 3.63) is 27.7 Å². The van der Waals surface area contributed by atoms with Crippen molar-refractivity contribution in [1.29, 1.82) is 0 Å². The van der Waals surface area contributed by atoms with Crippen molar-refractivity contribution in [3.8, 4) is 0 Å². The van der Waals surface area contributed by atoms with Gasteiger partial charge in [-0.15, -0.1) is 11.3 Å². The predicted octanol–water partition coefficient (Wildman–Crippen LogP) is 1.14. The number of thiazole rings is 1. The molecule has 2 aromatic heterocycles. The molecule has 2 rings (SSSR count). The molecule has 0 spiro atoms. The molecule has 0 aliphatic carbocycles. The molecule has 0 unspecified atom stereocenters. The molecule has 2 aromatic rings. The molecule has 0 radical (unpaired) electrons. The van der Waals surface area contributed by atoms with E-state index in [0.717, 1.165) is 23.1 Å². The lowest BCUT2D eigenvalue weighted by molar-refractivity contribution is 0.199. The summed E-state index contributed by atoms with van der Waals surface area (Å²) in [5, 5.41) is 8.70. The molecule has 0 aliphatic rings. The second-order valence-corrected chi connectivity index (χ2v) is 5.56. The third-order valence-corrected chi connectivity index (χ3v) is 3.78. The van der Waals surface area contributed by atoms with Gasteiger partial charge in [-0.3, -0.25) is 0 Å². The van der Waals surface area contributed by atoms with Gasteiger partial charge in [0.15, 0.2) is 5.82 Å². The first-order valence-electron chi connectivity index (χ1n) is 6.20. The number of nitrogens with one attached hydrogen (secondary N) is 1. The summed E-state index contributed by atoms with van der Waals surface area (Å²) in [6, 6.07) is 0. The van der Waals surface area contributed by atoms with Gasteiger partial charge in [-0.1, -0.05) is 0 Å². The average molecular weight is 281 g/mol. The van der Waals surface area contributed by atoms with Crippen LogP contribution in [0.4, 0.5) is 0 Å². The van der Waals surface area contributed by atoms with Gasteiger partial charge in [-0.25, -0.2) is 14.6 Å². The largest absolute Gasteiger partial charge is 0.383 e. The zero-order valence-electron chi connectivity index (χ0n) is 11.5. The van der Waals surface area contributed by atoms with E-state index in [1.165, 1.54) is 4.88 Å². The standard InChI is InChI=1S/C12H19N5OS/c1-9-10(2)19-12(15-9)7-17-8-14-11(16-17)6-13-4-5-18-3/h8,13H,4-7H2,1-3H3. The van der Waals surface area contributed by atoms with Crippen LogP contribution >= 0.6 is 11.3 Å². The molecule has 0 atom stereocenters. The molecule has 1 N–H and O–H groups in total. The number of ether oxygens (including phenoxy) is 1. The third kappa shape index (κ3) is 4.09. The van der Waals surface area contributed by atoms with Crippen molar-refractivity contribution in [3.63, 3.8) is 0 Å². The highest BCUT2D eigenvalue weighted by atomic mass is 32.1. The number of rotatable bonds is 7. The summed E-state index contributed by atoms with van der Waals surface area (Å²) in [6.45, 7) is 6.95. The van der Waals surface area contributed by atoms with Crippen molar-refractivity contribution in [1.82, 2.24) is 25.1 Å². The lowest BCUT2D eigenvalue weighted by Crippen LogP contribution is -2.19. The summed E-state index contributed by atoms with van der Waals surface area (Å²) in [6.07, 6.45) is 1.75. The van der Waals surface area contributed by atoms with E-state index in [-0.39, 0.29) is 0 Å². The van der Waals surface area contributed by atoms with Crippen LogP contribution in [0.2, 0.25) is 0 Å². The van der Waals surface area contributed by atoms with Gasteiger partial charge < -0.3 is 10.1 Å². The maximum absolute atomic E-state index is 4.96. The Hall–Kier alpha value is -1.31. The highest BCUT2D eigenvalue weighted by Gasteiger charge is 2.06. The highest BCUT2D eigenvalue weighted by molar-refractivity contribution is 7.11. The molecular weight excluding hydrogens is 262 g/mol. The molecule has 7 heteroatoms. The molecule has 6 nitrogen and oxygen atoms in total. The van der Waals surface area contributed by atoms with E-state index in [9.17, 15) is 0 Å². The van der Waals surface area contributed by atoms with Crippen LogP contribution in [-0.2, 0) is 17.8 Å². The monoisotopic (exact) mass is 281 g/mol. The second-order valence-electron chi connectivity index (χ2n) is 4.28. The highest BCUT2D eigenvalue weighted by Crippen LogP contribution is 2.16.